The van der Waals surface area contributed by atoms with E-state index in [1.165, 1.54) is 11.4 Å². The average molecular weight is 526 g/mol. The summed E-state index contributed by atoms with van der Waals surface area (Å²) in [5, 5.41) is 3.67. The molecule has 0 saturated carbocycles. The van der Waals surface area contributed by atoms with Crippen molar-refractivity contribution in [1.82, 2.24) is 13.6 Å². The molecule has 0 radical (unpaired) electrons. The van der Waals surface area contributed by atoms with Crippen LogP contribution in [0.15, 0.2) is 41.2 Å². The molecule has 4 aromatic rings. The van der Waals surface area contributed by atoms with Crippen LogP contribution in [-0.2, 0) is 16.8 Å². The maximum Gasteiger partial charge on any atom is 0.279 e. The molecule has 2 aliphatic rings. The molecule has 0 atom stereocenters. The van der Waals surface area contributed by atoms with E-state index < -0.39 is 10.2 Å². The Morgan fingerprint density at radius 1 is 0.892 bits per heavy atom. The minimum absolute atomic E-state index is 0.0631. The molecular formula is C26H27N3O7S. The lowest BCUT2D eigenvalue weighted by molar-refractivity contribution is 0.174. The van der Waals surface area contributed by atoms with Crippen molar-refractivity contribution in [3.63, 3.8) is 0 Å². The molecule has 1 N–H and O–H groups in total. The number of nitrogens with zero attached hydrogens (tertiary/aromatic N) is 2. The van der Waals surface area contributed by atoms with E-state index in [2.05, 4.69) is 4.72 Å². The number of nitrogens with one attached hydrogen (secondary N) is 1. The molecule has 0 bridgehead atoms. The molecule has 37 heavy (non-hydrogen) atoms. The Balaban J connectivity index is 1.56. The second kappa shape index (κ2) is 9.09. The molecule has 3 aromatic carbocycles. The van der Waals surface area contributed by atoms with E-state index in [0.29, 0.717) is 52.4 Å². The topological polar surface area (TPSA) is 108 Å². The van der Waals surface area contributed by atoms with E-state index in [9.17, 15) is 13.2 Å². The van der Waals surface area contributed by atoms with Gasteiger partial charge >= 0.3 is 0 Å². The van der Waals surface area contributed by atoms with Gasteiger partial charge in [0.25, 0.3) is 15.8 Å². The average Bonchev–Trinajstić information content (AvgIpc) is 3.61. The third-order valence-electron chi connectivity index (χ3n) is 7.07. The molecule has 3 heterocycles. The number of fused-ring (bicyclic) bond motifs is 6. The van der Waals surface area contributed by atoms with Gasteiger partial charge in [0.1, 0.15) is 0 Å². The molecular weight excluding hydrogens is 498 g/mol. The van der Waals surface area contributed by atoms with Gasteiger partial charge in [-0.15, -0.1) is 0 Å². The minimum Gasteiger partial charge on any atom is -0.493 e. The molecule has 194 valence electrons. The second-order valence-electron chi connectivity index (χ2n) is 9.10. The Morgan fingerprint density at radius 2 is 1.57 bits per heavy atom. The zero-order chi connectivity index (χ0) is 25.7. The summed E-state index contributed by atoms with van der Waals surface area (Å²) >= 11 is 0. The Hall–Kier alpha value is -3.54. The van der Waals surface area contributed by atoms with E-state index in [1.807, 2.05) is 24.3 Å². The van der Waals surface area contributed by atoms with Crippen LogP contribution < -0.4 is 29.2 Å². The van der Waals surface area contributed by atoms with Crippen LogP contribution in [0.4, 0.5) is 0 Å². The highest BCUT2D eigenvalue weighted by Crippen LogP contribution is 2.41. The van der Waals surface area contributed by atoms with Crippen LogP contribution in [0, 0.1) is 0 Å². The van der Waals surface area contributed by atoms with E-state index in [1.54, 1.807) is 23.8 Å². The summed E-state index contributed by atoms with van der Waals surface area (Å²) in [7, 11) is -0.542. The molecule has 2 aliphatic heterocycles. The van der Waals surface area contributed by atoms with Crippen molar-refractivity contribution in [3.05, 3.63) is 46.8 Å². The first-order valence-electron chi connectivity index (χ1n) is 12.1. The fraction of sp³-hybridized carbons (Fsp3) is 0.346. The largest absolute Gasteiger partial charge is 0.493 e. The predicted octanol–water partition coefficient (Wildman–Crippen LogP) is 2.98. The highest BCUT2D eigenvalue weighted by atomic mass is 32.2. The highest BCUT2D eigenvalue weighted by molar-refractivity contribution is 7.87. The standard InChI is InChI=1S/C26H27N3O7S/c1-33-21-13-19-17-6-5-16-11-23-24(36-15-35-23)12-18(16)25(17)29(26(30)20(19)14-22(21)34-2)10-7-27-37(31,32)28-8-3-4-9-28/h5-6,11-14,27H,3-4,7-10,15H2,1-2H3. The number of pyridine rings is 1. The first kappa shape index (κ1) is 23.8. The Kier molecular flexibility index (Phi) is 5.85. The minimum atomic E-state index is -3.61. The van der Waals surface area contributed by atoms with Crippen molar-refractivity contribution in [1.29, 1.82) is 0 Å². The van der Waals surface area contributed by atoms with Crippen LogP contribution in [0.25, 0.3) is 32.4 Å². The van der Waals surface area contributed by atoms with Crippen molar-refractivity contribution in [2.45, 2.75) is 19.4 Å². The number of rotatable bonds is 7. The van der Waals surface area contributed by atoms with Gasteiger partial charge in [0, 0.05) is 42.3 Å². The molecule has 10 nitrogen and oxygen atoms in total. The van der Waals surface area contributed by atoms with Crippen LogP contribution in [0.5, 0.6) is 23.0 Å². The zero-order valence-electron chi connectivity index (χ0n) is 20.6. The Labute approximate surface area is 213 Å². The van der Waals surface area contributed by atoms with Crippen molar-refractivity contribution in [3.8, 4) is 23.0 Å². The van der Waals surface area contributed by atoms with Crippen molar-refractivity contribution in [2.75, 3.05) is 40.6 Å². The molecule has 0 unspecified atom stereocenters. The van der Waals surface area contributed by atoms with Crippen LogP contribution in [0.2, 0.25) is 0 Å². The molecule has 0 aliphatic carbocycles. The van der Waals surface area contributed by atoms with Gasteiger partial charge in [0.15, 0.2) is 23.0 Å². The first-order valence-corrected chi connectivity index (χ1v) is 13.5. The van der Waals surface area contributed by atoms with E-state index in [4.69, 9.17) is 18.9 Å². The molecule has 6 rings (SSSR count). The third-order valence-corrected chi connectivity index (χ3v) is 8.68. The van der Waals surface area contributed by atoms with Gasteiger partial charge in [-0.3, -0.25) is 4.79 Å². The summed E-state index contributed by atoms with van der Waals surface area (Å²) in [4.78, 5) is 13.9. The van der Waals surface area contributed by atoms with Gasteiger partial charge < -0.3 is 23.5 Å². The summed E-state index contributed by atoms with van der Waals surface area (Å²) in [6, 6.07) is 11.2. The van der Waals surface area contributed by atoms with Crippen LogP contribution >= 0.6 is 0 Å². The smallest absolute Gasteiger partial charge is 0.279 e. The first-order chi connectivity index (χ1) is 17.9. The van der Waals surface area contributed by atoms with Gasteiger partial charge in [-0.05, 0) is 42.5 Å². The van der Waals surface area contributed by atoms with Crippen LogP contribution in [-0.4, -0.2) is 57.9 Å². The van der Waals surface area contributed by atoms with Crippen molar-refractivity contribution < 1.29 is 27.4 Å². The van der Waals surface area contributed by atoms with Crippen molar-refractivity contribution >= 4 is 42.7 Å². The maximum absolute atomic E-state index is 13.9. The SMILES string of the molecule is COc1cc2c(=O)n(CCNS(=O)(=O)N3CCCC3)c3c4cc5c(cc4ccc3c2cc1OC)OCO5. The van der Waals surface area contributed by atoms with E-state index in [-0.39, 0.29) is 25.4 Å². The van der Waals surface area contributed by atoms with E-state index in [0.717, 1.165) is 29.0 Å². The predicted molar refractivity (Wildman–Crippen MR) is 140 cm³/mol. The van der Waals surface area contributed by atoms with Gasteiger partial charge in [-0.25, -0.2) is 4.72 Å². The van der Waals surface area contributed by atoms with Gasteiger partial charge in [0.2, 0.25) is 6.79 Å². The van der Waals surface area contributed by atoms with Gasteiger partial charge in [-0.2, -0.15) is 12.7 Å². The lowest BCUT2D eigenvalue weighted by Crippen LogP contribution is -2.40. The third kappa shape index (κ3) is 3.94. The fourth-order valence-corrected chi connectivity index (χ4v) is 6.52. The lowest BCUT2D eigenvalue weighted by Gasteiger charge is -2.19. The number of methoxy groups -OCH3 is 2. The summed E-state index contributed by atoms with van der Waals surface area (Å²) < 4.78 is 53.4. The molecule has 0 spiro atoms. The number of aromatic nitrogens is 1. The number of ether oxygens (including phenoxy) is 4. The maximum atomic E-state index is 13.9. The summed E-state index contributed by atoms with van der Waals surface area (Å²) in [6.45, 7) is 1.35. The second-order valence-corrected chi connectivity index (χ2v) is 10.9. The van der Waals surface area contributed by atoms with E-state index >= 15 is 0 Å². The summed E-state index contributed by atoms with van der Waals surface area (Å²) in [5.74, 6) is 2.20. The Bertz CT molecular complexity index is 1710. The summed E-state index contributed by atoms with van der Waals surface area (Å²) in [6.07, 6.45) is 1.70. The Morgan fingerprint density at radius 3 is 2.27 bits per heavy atom. The van der Waals surface area contributed by atoms with Crippen LogP contribution in [0.3, 0.4) is 0 Å². The van der Waals surface area contributed by atoms with Crippen LogP contribution in [0.1, 0.15) is 12.8 Å². The normalized spacial score (nSPS) is 15.7. The van der Waals surface area contributed by atoms with Crippen molar-refractivity contribution in [2.24, 2.45) is 0 Å². The highest BCUT2D eigenvalue weighted by Gasteiger charge is 2.25. The molecule has 11 heteroatoms. The number of hydrogen-bond acceptors (Lipinski definition) is 7. The summed E-state index contributed by atoms with van der Waals surface area (Å²) in [5.41, 5.74) is 0.426. The zero-order valence-corrected chi connectivity index (χ0v) is 21.4. The monoisotopic (exact) mass is 525 g/mol. The fourth-order valence-electron chi connectivity index (χ4n) is 5.25. The van der Waals surface area contributed by atoms with Gasteiger partial charge in [-0.1, -0.05) is 12.1 Å². The molecule has 1 fully saturated rings. The molecule has 0 amide bonds. The molecule has 1 saturated heterocycles. The number of hydrogen-bond donors (Lipinski definition) is 1. The van der Waals surface area contributed by atoms with Gasteiger partial charge in [0.05, 0.1) is 25.1 Å². The lowest BCUT2D eigenvalue weighted by atomic mass is 10.00. The number of benzene rings is 3. The quantitative estimate of drug-likeness (QED) is 0.370. The molecule has 1 aromatic heterocycles.